The van der Waals surface area contributed by atoms with Crippen molar-refractivity contribution >= 4 is 23.1 Å². The van der Waals surface area contributed by atoms with Crippen LogP contribution in [0.1, 0.15) is 35.1 Å². The quantitative estimate of drug-likeness (QED) is 0.884. The Kier molecular flexibility index (Phi) is 3.16. The van der Waals surface area contributed by atoms with Gasteiger partial charge in [0.1, 0.15) is 5.82 Å². The summed E-state index contributed by atoms with van der Waals surface area (Å²) in [5.74, 6) is -0.0319. The smallest absolute Gasteiger partial charge is 0.356 e. The first-order chi connectivity index (χ1) is 9.18. The number of pyridine rings is 1. The molecule has 1 aliphatic heterocycles. The third-order valence-corrected chi connectivity index (χ3v) is 3.81. The third kappa shape index (κ3) is 2.09. The molecular formula is C13H14ClN3O2. The highest BCUT2D eigenvalue weighted by atomic mass is 35.5. The van der Waals surface area contributed by atoms with Crippen LogP contribution in [-0.4, -0.2) is 33.6 Å². The Balaban J connectivity index is 2.19. The van der Waals surface area contributed by atoms with Crippen molar-refractivity contribution in [3.8, 4) is 0 Å². The number of nitrogens with one attached hydrogen (secondary N) is 1. The van der Waals surface area contributed by atoms with Crippen molar-refractivity contribution in [3.63, 3.8) is 0 Å². The van der Waals surface area contributed by atoms with Gasteiger partial charge in [-0.05, 0) is 31.5 Å². The highest BCUT2D eigenvalue weighted by Crippen LogP contribution is 2.28. The second-order valence-electron chi connectivity index (χ2n) is 4.74. The van der Waals surface area contributed by atoms with E-state index in [-0.39, 0.29) is 11.6 Å². The summed E-state index contributed by atoms with van der Waals surface area (Å²) in [5.41, 5.74) is 0.517. The minimum atomic E-state index is -1.04. The van der Waals surface area contributed by atoms with E-state index in [0.717, 1.165) is 31.8 Å². The minimum absolute atomic E-state index is 0.0335. The van der Waals surface area contributed by atoms with Crippen molar-refractivity contribution in [3.05, 3.63) is 34.9 Å². The molecule has 2 aromatic rings. The Morgan fingerprint density at radius 1 is 1.58 bits per heavy atom. The fraction of sp³-hybridized carbons (Fsp3) is 0.385. The largest absolute Gasteiger partial charge is 0.476 e. The third-order valence-electron chi connectivity index (χ3n) is 3.51. The number of carboxylic acid groups (broad SMARTS) is 1. The molecule has 2 aromatic heterocycles. The van der Waals surface area contributed by atoms with Gasteiger partial charge in [-0.1, -0.05) is 11.6 Å². The number of fused-ring (bicyclic) bond motifs is 1. The molecule has 3 rings (SSSR count). The molecule has 3 heterocycles. The van der Waals surface area contributed by atoms with Gasteiger partial charge in [-0.25, -0.2) is 9.78 Å². The Bertz CT molecular complexity index is 632. The predicted octanol–water partition coefficient (Wildman–Crippen LogP) is 2.15. The van der Waals surface area contributed by atoms with Crippen molar-refractivity contribution in [1.29, 1.82) is 0 Å². The Morgan fingerprint density at radius 2 is 2.42 bits per heavy atom. The van der Waals surface area contributed by atoms with Crippen LogP contribution in [-0.2, 0) is 0 Å². The predicted molar refractivity (Wildman–Crippen MR) is 72.0 cm³/mol. The summed E-state index contributed by atoms with van der Waals surface area (Å²) >= 11 is 6.12. The Hall–Kier alpha value is -1.59. The normalized spacial score (nSPS) is 19.7. The molecule has 19 heavy (non-hydrogen) atoms. The lowest BCUT2D eigenvalue weighted by molar-refractivity contribution is 0.0693. The van der Waals surface area contributed by atoms with Gasteiger partial charge in [-0.2, -0.15) is 0 Å². The van der Waals surface area contributed by atoms with Gasteiger partial charge < -0.3 is 14.8 Å². The standard InChI is InChI=1S/C13H14ClN3O2/c14-9-4-2-6-17-11(9)10(13(18)19)16-12(17)8-3-1-5-15-7-8/h2,4,6,8,15H,1,3,5,7H2,(H,18,19). The number of piperidine rings is 1. The van der Waals surface area contributed by atoms with E-state index in [1.165, 1.54) is 0 Å². The maximum Gasteiger partial charge on any atom is 0.356 e. The first-order valence-corrected chi connectivity index (χ1v) is 6.66. The molecule has 0 bridgehead atoms. The number of hydrogen-bond donors (Lipinski definition) is 2. The van der Waals surface area contributed by atoms with Crippen LogP contribution < -0.4 is 5.32 Å². The first kappa shape index (κ1) is 12.4. The fourth-order valence-corrected chi connectivity index (χ4v) is 2.88. The number of halogens is 1. The zero-order chi connectivity index (χ0) is 13.4. The van der Waals surface area contributed by atoms with Crippen LogP contribution >= 0.6 is 11.6 Å². The molecule has 0 aliphatic carbocycles. The van der Waals surface area contributed by atoms with Crippen LogP contribution in [0, 0.1) is 0 Å². The molecule has 1 aliphatic rings. The number of hydrogen-bond acceptors (Lipinski definition) is 3. The monoisotopic (exact) mass is 279 g/mol. The molecule has 2 N–H and O–H groups in total. The topological polar surface area (TPSA) is 66.6 Å². The number of rotatable bonds is 2. The number of nitrogens with zero attached hydrogens (tertiary/aromatic N) is 2. The average Bonchev–Trinajstić information content (AvgIpc) is 2.81. The molecule has 0 saturated carbocycles. The zero-order valence-corrected chi connectivity index (χ0v) is 11.0. The van der Waals surface area contributed by atoms with Crippen molar-refractivity contribution in [2.45, 2.75) is 18.8 Å². The zero-order valence-electron chi connectivity index (χ0n) is 10.3. The van der Waals surface area contributed by atoms with Crippen LogP contribution in [0.2, 0.25) is 5.02 Å². The maximum absolute atomic E-state index is 11.3. The molecule has 0 radical (unpaired) electrons. The molecule has 0 amide bonds. The van der Waals surface area contributed by atoms with Crippen molar-refractivity contribution < 1.29 is 9.90 Å². The molecule has 100 valence electrons. The number of aromatic nitrogens is 2. The molecular weight excluding hydrogens is 266 g/mol. The summed E-state index contributed by atoms with van der Waals surface area (Å²) in [6.07, 6.45) is 3.91. The average molecular weight is 280 g/mol. The van der Waals surface area contributed by atoms with Gasteiger partial charge in [-0.15, -0.1) is 0 Å². The molecule has 0 spiro atoms. The van der Waals surface area contributed by atoms with Crippen molar-refractivity contribution in [2.24, 2.45) is 0 Å². The van der Waals surface area contributed by atoms with E-state index in [1.54, 1.807) is 6.07 Å². The van der Waals surface area contributed by atoms with E-state index >= 15 is 0 Å². The summed E-state index contributed by atoms with van der Waals surface area (Å²) in [5, 5.41) is 13.0. The first-order valence-electron chi connectivity index (χ1n) is 6.29. The van der Waals surface area contributed by atoms with Crippen LogP contribution in [0.15, 0.2) is 18.3 Å². The number of carboxylic acids is 1. The highest BCUT2D eigenvalue weighted by Gasteiger charge is 2.25. The van der Waals surface area contributed by atoms with E-state index in [2.05, 4.69) is 10.3 Å². The van der Waals surface area contributed by atoms with Crippen molar-refractivity contribution in [1.82, 2.24) is 14.7 Å². The molecule has 6 heteroatoms. The lowest BCUT2D eigenvalue weighted by Gasteiger charge is -2.21. The van der Waals surface area contributed by atoms with Gasteiger partial charge >= 0.3 is 5.97 Å². The number of aromatic carboxylic acids is 1. The SMILES string of the molecule is O=C(O)c1nc(C2CCCNC2)n2cccc(Cl)c12. The van der Waals surface area contributed by atoms with E-state index in [9.17, 15) is 9.90 Å². The summed E-state index contributed by atoms with van der Waals surface area (Å²) in [6, 6.07) is 3.50. The second kappa shape index (κ2) is 4.83. The lowest BCUT2D eigenvalue weighted by atomic mass is 9.99. The van der Waals surface area contributed by atoms with Crippen LogP contribution in [0.25, 0.3) is 5.52 Å². The van der Waals surface area contributed by atoms with Gasteiger partial charge in [0.25, 0.3) is 0 Å². The van der Waals surface area contributed by atoms with E-state index in [1.807, 2.05) is 16.7 Å². The summed E-state index contributed by atoms with van der Waals surface area (Å²) in [7, 11) is 0. The van der Waals surface area contributed by atoms with Crippen LogP contribution in [0.5, 0.6) is 0 Å². The number of imidazole rings is 1. The van der Waals surface area contributed by atoms with Crippen molar-refractivity contribution in [2.75, 3.05) is 13.1 Å². The number of carbonyl (C=O) groups is 1. The van der Waals surface area contributed by atoms with Gasteiger partial charge in [0, 0.05) is 18.7 Å². The minimum Gasteiger partial charge on any atom is -0.476 e. The van der Waals surface area contributed by atoms with E-state index < -0.39 is 5.97 Å². The van der Waals surface area contributed by atoms with Crippen LogP contribution in [0.4, 0.5) is 0 Å². The molecule has 1 saturated heterocycles. The second-order valence-corrected chi connectivity index (χ2v) is 5.15. The van der Waals surface area contributed by atoms with Gasteiger partial charge in [-0.3, -0.25) is 0 Å². The summed E-state index contributed by atoms with van der Waals surface area (Å²) < 4.78 is 1.81. The molecule has 1 fully saturated rings. The van der Waals surface area contributed by atoms with E-state index in [4.69, 9.17) is 11.6 Å². The molecule has 0 aromatic carbocycles. The molecule has 5 nitrogen and oxygen atoms in total. The van der Waals surface area contributed by atoms with Gasteiger partial charge in [0.05, 0.1) is 10.5 Å². The van der Waals surface area contributed by atoms with E-state index in [0.29, 0.717) is 10.5 Å². The molecule has 1 unspecified atom stereocenters. The molecule has 1 atom stereocenters. The Morgan fingerprint density at radius 3 is 3.11 bits per heavy atom. The fourth-order valence-electron chi connectivity index (χ4n) is 2.63. The summed E-state index contributed by atoms with van der Waals surface area (Å²) in [6.45, 7) is 1.83. The maximum atomic E-state index is 11.3. The Labute approximate surface area is 115 Å². The lowest BCUT2D eigenvalue weighted by Crippen LogP contribution is -2.29. The van der Waals surface area contributed by atoms with Gasteiger partial charge in [0.15, 0.2) is 5.69 Å². The summed E-state index contributed by atoms with van der Waals surface area (Å²) in [4.78, 5) is 15.6. The highest BCUT2D eigenvalue weighted by molar-refractivity contribution is 6.34. The van der Waals surface area contributed by atoms with Crippen LogP contribution in [0.3, 0.4) is 0 Å². The van der Waals surface area contributed by atoms with Gasteiger partial charge in [0.2, 0.25) is 0 Å².